The van der Waals surface area contributed by atoms with Crippen LogP contribution in [0.3, 0.4) is 0 Å². The van der Waals surface area contributed by atoms with Gasteiger partial charge in [-0.05, 0) is 24.3 Å². The number of benzene rings is 1. The maximum atomic E-state index is 11.3. The zero-order valence-corrected chi connectivity index (χ0v) is 10.7. The van der Waals surface area contributed by atoms with Crippen molar-refractivity contribution in [1.82, 2.24) is 4.98 Å². The number of hydrogen-bond donors (Lipinski definition) is 2. The van der Waals surface area contributed by atoms with Crippen LogP contribution in [0.5, 0.6) is 0 Å². The second-order valence-corrected chi connectivity index (χ2v) is 6.57. The monoisotopic (exact) mass is 269 g/mol. The zero-order valence-electron chi connectivity index (χ0n) is 9.04. The normalized spacial score (nSPS) is 11.4. The molecule has 0 bridgehead atoms. The smallest absolute Gasteiger partial charge is 0.189 e. The van der Waals surface area contributed by atoms with Gasteiger partial charge >= 0.3 is 0 Å². The number of aromatic nitrogens is 1. The Bertz CT molecular complexity index is 617. The summed E-state index contributed by atoms with van der Waals surface area (Å²) in [5.74, 6) is 0. The molecule has 3 N–H and O–H groups in total. The van der Waals surface area contributed by atoms with Crippen molar-refractivity contribution in [3.05, 3.63) is 30.5 Å². The molecule has 90 valence electrons. The zero-order chi connectivity index (χ0) is 12.5. The lowest BCUT2D eigenvalue weighted by molar-refractivity contribution is 0.602. The predicted molar refractivity (Wildman–Crippen MR) is 69.4 cm³/mol. The summed E-state index contributed by atoms with van der Waals surface area (Å²) in [6.07, 6.45) is 2.74. The topological polar surface area (TPSA) is 85.1 Å². The van der Waals surface area contributed by atoms with Crippen molar-refractivity contribution < 1.29 is 8.42 Å². The largest absolute Gasteiger partial charge is 0.389 e. The van der Waals surface area contributed by atoms with E-state index in [0.717, 1.165) is 5.69 Å². The Morgan fingerprint density at radius 3 is 2.41 bits per heavy atom. The highest BCUT2D eigenvalue weighted by molar-refractivity contribution is 7.90. The Morgan fingerprint density at radius 2 is 1.94 bits per heavy atom. The summed E-state index contributed by atoms with van der Waals surface area (Å²) in [5, 5.41) is 4.34. The number of nitrogens with two attached hydrogens (primary N) is 1. The molecule has 0 spiro atoms. The summed E-state index contributed by atoms with van der Waals surface area (Å²) in [6, 6.07) is 6.48. The van der Waals surface area contributed by atoms with Crippen LogP contribution in [0.1, 0.15) is 0 Å². The second-order valence-electron chi connectivity index (χ2n) is 3.49. The van der Waals surface area contributed by atoms with Crippen LogP contribution in [0.2, 0.25) is 0 Å². The molecule has 0 aliphatic carbocycles. The van der Waals surface area contributed by atoms with E-state index in [1.165, 1.54) is 17.6 Å². The molecular weight excluding hydrogens is 258 g/mol. The van der Waals surface area contributed by atoms with E-state index >= 15 is 0 Å². The van der Waals surface area contributed by atoms with Crippen LogP contribution in [-0.2, 0) is 9.84 Å². The lowest BCUT2D eigenvalue weighted by atomic mass is 10.3. The highest BCUT2D eigenvalue weighted by atomic mass is 32.2. The number of thiazole rings is 1. The number of rotatable bonds is 3. The first kappa shape index (κ1) is 11.9. The molecular formula is C10H11N3O2S2. The predicted octanol–water partition coefficient (Wildman–Crippen LogP) is 1.87. The van der Waals surface area contributed by atoms with Gasteiger partial charge in [0.05, 0.1) is 11.1 Å². The standard InChI is InChI=1S/C10H11N3O2S2/c1-17(14,15)8-4-2-7(3-5-8)13-10-12-6-9(11)16-10/h2-6H,11H2,1H3,(H,12,13). The van der Waals surface area contributed by atoms with Gasteiger partial charge in [-0.25, -0.2) is 13.4 Å². The molecule has 17 heavy (non-hydrogen) atoms. The Labute approximate surface area is 103 Å². The highest BCUT2D eigenvalue weighted by Gasteiger charge is 2.06. The lowest BCUT2D eigenvalue weighted by Crippen LogP contribution is -1.97. The Hall–Kier alpha value is -1.60. The molecule has 0 amide bonds. The van der Waals surface area contributed by atoms with E-state index in [9.17, 15) is 8.42 Å². The van der Waals surface area contributed by atoms with Gasteiger partial charge in [0, 0.05) is 11.9 Å². The third-order valence-electron chi connectivity index (χ3n) is 2.06. The molecule has 2 rings (SSSR count). The van der Waals surface area contributed by atoms with Crippen LogP contribution in [0, 0.1) is 0 Å². The van der Waals surface area contributed by atoms with E-state index in [0.29, 0.717) is 15.0 Å². The fourth-order valence-corrected chi connectivity index (χ4v) is 2.49. The van der Waals surface area contributed by atoms with Crippen LogP contribution in [0.15, 0.2) is 35.4 Å². The minimum Gasteiger partial charge on any atom is -0.389 e. The maximum absolute atomic E-state index is 11.3. The van der Waals surface area contributed by atoms with Gasteiger partial charge < -0.3 is 11.1 Å². The third kappa shape index (κ3) is 2.95. The molecule has 2 aromatic rings. The first-order valence-corrected chi connectivity index (χ1v) is 7.44. The SMILES string of the molecule is CS(=O)(=O)c1ccc(Nc2ncc(N)s2)cc1. The summed E-state index contributed by atoms with van der Waals surface area (Å²) >= 11 is 1.33. The van der Waals surface area contributed by atoms with Gasteiger partial charge in [-0.15, -0.1) is 0 Å². The van der Waals surface area contributed by atoms with Crippen molar-refractivity contribution >= 4 is 37.0 Å². The summed E-state index contributed by atoms with van der Waals surface area (Å²) in [5.41, 5.74) is 6.32. The summed E-state index contributed by atoms with van der Waals surface area (Å²) < 4.78 is 22.5. The molecule has 1 aromatic carbocycles. The van der Waals surface area contributed by atoms with Gasteiger partial charge in [0.15, 0.2) is 15.0 Å². The first-order valence-electron chi connectivity index (χ1n) is 4.73. The van der Waals surface area contributed by atoms with Crippen molar-refractivity contribution in [3.63, 3.8) is 0 Å². The van der Waals surface area contributed by atoms with Gasteiger partial charge in [-0.3, -0.25) is 0 Å². The van der Waals surface area contributed by atoms with E-state index in [2.05, 4.69) is 10.3 Å². The molecule has 5 nitrogen and oxygen atoms in total. The molecule has 0 unspecified atom stereocenters. The van der Waals surface area contributed by atoms with Crippen LogP contribution < -0.4 is 11.1 Å². The van der Waals surface area contributed by atoms with Crippen molar-refractivity contribution in [2.45, 2.75) is 4.90 Å². The number of hydrogen-bond acceptors (Lipinski definition) is 6. The van der Waals surface area contributed by atoms with Crippen molar-refractivity contribution in [3.8, 4) is 0 Å². The molecule has 0 atom stereocenters. The van der Waals surface area contributed by atoms with Gasteiger partial charge in [0.25, 0.3) is 0 Å². The minimum absolute atomic E-state index is 0.293. The van der Waals surface area contributed by atoms with E-state index in [1.807, 2.05) is 0 Å². The highest BCUT2D eigenvalue weighted by Crippen LogP contribution is 2.24. The van der Waals surface area contributed by atoms with E-state index in [4.69, 9.17) is 5.73 Å². The van der Waals surface area contributed by atoms with E-state index in [-0.39, 0.29) is 0 Å². The Kier molecular flexibility index (Phi) is 3.03. The molecule has 1 aromatic heterocycles. The third-order valence-corrected chi connectivity index (χ3v) is 3.93. The average molecular weight is 269 g/mol. The van der Waals surface area contributed by atoms with Crippen molar-refractivity contribution in [2.75, 3.05) is 17.3 Å². The fourth-order valence-electron chi connectivity index (χ4n) is 1.25. The molecule has 0 radical (unpaired) electrons. The number of sulfone groups is 1. The fraction of sp³-hybridized carbons (Fsp3) is 0.100. The average Bonchev–Trinajstić information content (AvgIpc) is 2.63. The molecule has 1 heterocycles. The quantitative estimate of drug-likeness (QED) is 0.888. The number of nitrogen functional groups attached to an aromatic ring is 1. The molecule has 0 aliphatic rings. The molecule has 7 heteroatoms. The Balaban J connectivity index is 2.19. The molecule has 0 saturated heterocycles. The minimum atomic E-state index is -3.15. The second kappa shape index (κ2) is 4.34. The molecule has 0 fully saturated rings. The van der Waals surface area contributed by atoms with Gasteiger partial charge in [0.2, 0.25) is 0 Å². The number of nitrogens with one attached hydrogen (secondary N) is 1. The van der Waals surface area contributed by atoms with Crippen molar-refractivity contribution in [1.29, 1.82) is 0 Å². The summed E-state index contributed by atoms with van der Waals surface area (Å²) in [7, 11) is -3.15. The van der Waals surface area contributed by atoms with Gasteiger partial charge in [0.1, 0.15) is 5.00 Å². The number of anilines is 3. The van der Waals surface area contributed by atoms with Gasteiger partial charge in [-0.1, -0.05) is 11.3 Å². The molecule has 0 aliphatic heterocycles. The van der Waals surface area contributed by atoms with Crippen LogP contribution >= 0.6 is 11.3 Å². The van der Waals surface area contributed by atoms with E-state index < -0.39 is 9.84 Å². The van der Waals surface area contributed by atoms with E-state index in [1.54, 1.807) is 30.5 Å². The summed E-state index contributed by atoms with van der Waals surface area (Å²) in [4.78, 5) is 4.34. The number of nitrogens with zero attached hydrogens (tertiary/aromatic N) is 1. The lowest BCUT2D eigenvalue weighted by Gasteiger charge is -2.03. The Morgan fingerprint density at radius 1 is 1.29 bits per heavy atom. The van der Waals surface area contributed by atoms with Crippen molar-refractivity contribution in [2.24, 2.45) is 0 Å². The van der Waals surface area contributed by atoms with Crippen LogP contribution in [-0.4, -0.2) is 19.7 Å². The maximum Gasteiger partial charge on any atom is 0.189 e. The first-order chi connectivity index (χ1) is 7.95. The van der Waals surface area contributed by atoms with Gasteiger partial charge in [-0.2, -0.15) is 0 Å². The molecule has 0 saturated carbocycles. The van der Waals surface area contributed by atoms with Crippen LogP contribution in [0.4, 0.5) is 15.8 Å². The van der Waals surface area contributed by atoms with Crippen LogP contribution in [0.25, 0.3) is 0 Å². The summed E-state index contributed by atoms with van der Waals surface area (Å²) in [6.45, 7) is 0.